The lowest BCUT2D eigenvalue weighted by atomic mass is 10.1. The second-order valence-electron chi connectivity index (χ2n) is 2.34. The van der Waals surface area contributed by atoms with E-state index in [9.17, 15) is 4.79 Å². The van der Waals surface area contributed by atoms with Gasteiger partial charge in [0.15, 0.2) is 0 Å². The van der Waals surface area contributed by atoms with Gasteiger partial charge in [-0.15, -0.1) is 9.79 Å². The molecule has 0 radical (unpaired) electrons. The monoisotopic (exact) mass is 212 g/mol. The van der Waals surface area contributed by atoms with E-state index in [1.54, 1.807) is 0 Å². The van der Waals surface area contributed by atoms with Crippen molar-refractivity contribution in [3.8, 4) is 0 Å². The molecule has 78 valence electrons. The van der Waals surface area contributed by atoms with Crippen molar-refractivity contribution < 1.29 is 24.3 Å². The fraction of sp³-hybridized carbons (Fsp3) is 0.833. The van der Waals surface area contributed by atoms with Crippen molar-refractivity contribution in [2.75, 3.05) is 0 Å². The summed E-state index contributed by atoms with van der Waals surface area (Å²) in [5, 5.41) is 8.28. The lowest BCUT2D eigenvalue weighted by Crippen LogP contribution is -2.29. The van der Waals surface area contributed by atoms with Gasteiger partial charge in [0.2, 0.25) is 0 Å². The molecule has 0 bridgehead atoms. The zero-order valence-electron chi connectivity index (χ0n) is 7.38. The fourth-order valence-corrected chi connectivity index (χ4v) is 0.548. The smallest absolute Gasteiger partial charge is 0.480 e. The zero-order valence-corrected chi connectivity index (χ0v) is 8.28. The minimum Gasteiger partial charge on any atom is -0.480 e. The summed E-state index contributed by atoms with van der Waals surface area (Å²) < 4.78 is 8.70. The number of hydrogen-bond donors (Lipinski definition) is 4. The van der Waals surface area contributed by atoms with Crippen LogP contribution in [-0.2, 0) is 9.36 Å². The third kappa shape index (κ3) is 18.4. The van der Waals surface area contributed by atoms with Crippen LogP contribution in [0.2, 0.25) is 0 Å². The van der Waals surface area contributed by atoms with Gasteiger partial charge in [0, 0.05) is 4.57 Å². The summed E-state index contributed by atoms with van der Waals surface area (Å²) in [6, 6.07) is -0.662. The van der Waals surface area contributed by atoms with E-state index in [0.29, 0.717) is 6.42 Å². The number of aliphatic carboxylic acids is 1. The molecule has 0 heterocycles. The molecule has 0 aliphatic rings. The Morgan fingerprint density at radius 3 is 2.15 bits per heavy atom. The maximum atomic E-state index is 10.1. The van der Waals surface area contributed by atoms with Crippen molar-refractivity contribution in [2.45, 2.75) is 32.2 Å². The maximum absolute atomic E-state index is 10.1. The molecule has 0 aromatic carbocycles. The highest BCUT2D eigenvalue weighted by atomic mass is 31.1. The first-order valence-electron chi connectivity index (χ1n) is 3.75. The summed E-state index contributed by atoms with van der Waals surface area (Å²) in [5.41, 5.74) is 5.20. The van der Waals surface area contributed by atoms with E-state index < -0.39 is 20.3 Å². The predicted molar refractivity (Wildman–Crippen MR) is 47.2 cm³/mol. The van der Waals surface area contributed by atoms with Crippen LogP contribution in [0.25, 0.3) is 0 Å². The largest absolute Gasteiger partial charge is 0.692 e. The van der Waals surface area contributed by atoms with Crippen LogP contribution in [0.1, 0.15) is 26.2 Å². The first-order valence-corrected chi connectivity index (χ1v) is 4.91. The van der Waals surface area contributed by atoms with Gasteiger partial charge in [0.1, 0.15) is 6.04 Å². The van der Waals surface area contributed by atoms with Crippen molar-refractivity contribution >= 4 is 14.2 Å². The van der Waals surface area contributed by atoms with E-state index in [1.165, 1.54) is 0 Å². The van der Waals surface area contributed by atoms with Crippen LogP contribution in [-0.4, -0.2) is 26.9 Å². The van der Waals surface area contributed by atoms with Gasteiger partial charge in [-0.3, -0.25) is 4.79 Å². The summed E-state index contributed by atoms with van der Waals surface area (Å²) in [7, 11) is -2.87. The Balaban J connectivity index is 0. The van der Waals surface area contributed by atoms with Crippen molar-refractivity contribution in [2.24, 2.45) is 5.73 Å². The van der Waals surface area contributed by atoms with Crippen LogP contribution in [0.3, 0.4) is 0 Å². The van der Waals surface area contributed by atoms with Crippen molar-refractivity contribution in [1.29, 1.82) is 0 Å². The molecule has 13 heavy (non-hydrogen) atoms. The second kappa shape index (κ2) is 9.54. The highest BCUT2D eigenvalue weighted by Gasteiger charge is 2.08. The summed E-state index contributed by atoms with van der Waals surface area (Å²) in [5.74, 6) is -0.900. The zero-order chi connectivity index (χ0) is 10.9. The normalized spacial score (nSPS) is 11.1. The molecule has 0 rings (SSSR count). The van der Waals surface area contributed by atoms with E-state index in [1.807, 2.05) is 6.92 Å². The number of unbranched alkanes of at least 4 members (excludes halogenated alkanes) is 1. The number of carboxylic acid groups (broad SMARTS) is 1. The van der Waals surface area contributed by atoms with Gasteiger partial charge in [-0.2, -0.15) is 0 Å². The first-order chi connectivity index (χ1) is 5.91. The van der Waals surface area contributed by atoms with Crippen molar-refractivity contribution in [3.05, 3.63) is 0 Å². The molecule has 1 unspecified atom stereocenters. The highest BCUT2D eigenvalue weighted by molar-refractivity contribution is 7.30. The molecular formula is C6H15NO5P+. The molecule has 1 atom stereocenters. The van der Waals surface area contributed by atoms with E-state index in [-0.39, 0.29) is 0 Å². The molecule has 5 N–H and O–H groups in total. The molecule has 0 saturated heterocycles. The molecule has 0 saturated carbocycles. The van der Waals surface area contributed by atoms with Gasteiger partial charge in [-0.1, -0.05) is 19.8 Å². The van der Waals surface area contributed by atoms with Gasteiger partial charge in [0.05, 0.1) is 0 Å². The number of carboxylic acids is 1. The lowest BCUT2D eigenvalue weighted by Gasteiger charge is -2.02. The number of carbonyl (C=O) groups is 1. The van der Waals surface area contributed by atoms with Gasteiger partial charge >= 0.3 is 14.2 Å². The Kier molecular flexibility index (Phi) is 11.0. The predicted octanol–water partition coefficient (Wildman–Crippen LogP) is 0.217. The van der Waals surface area contributed by atoms with Crippen molar-refractivity contribution in [3.63, 3.8) is 0 Å². The molecule has 0 aromatic heterocycles. The minimum atomic E-state index is -2.87. The molecule has 6 nitrogen and oxygen atoms in total. The highest BCUT2D eigenvalue weighted by Crippen LogP contribution is 1.98. The van der Waals surface area contributed by atoms with E-state index in [2.05, 4.69) is 0 Å². The average molecular weight is 212 g/mol. The Bertz CT molecular complexity index is 159. The van der Waals surface area contributed by atoms with Crippen LogP contribution >= 0.6 is 8.25 Å². The molecule has 0 amide bonds. The maximum Gasteiger partial charge on any atom is 0.692 e. The van der Waals surface area contributed by atoms with Gasteiger partial charge < -0.3 is 10.8 Å². The van der Waals surface area contributed by atoms with Gasteiger partial charge in [-0.25, -0.2) is 0 Å². The van der Waals surface area contributed by atoms with E-state index in [4.69, 9.17) is 25.2 Å². The average Bonchev–Trinajstić information content (AvgIpc) is 1.98. The quantitative estimate of drug-likeness (QED) is 0.494. The molecule has 0 aromatic rings. The Hall–Kier alpha value is -0.550. The lowest BCUT2D eigenvalue weighted by molar-refractivity contribution is -0.138. The molecule has 0 aliphatic carbocycles. The van der Waals surface area contributed by atoms with Crippen molar-refractivity contribution in [1.82, 2.24) is 0 Å². The molecular weight excluding hydrogens is 197 g/mol. The summed E-state index contributed by atoms with van der Waals surface area (Å²) in [4.78, 5) is 24.3. The van der Waals surface area contributed by atoms with Gasteiger partial charge in [-0.05, 0) is 6.42 Å². The number of hydrogen-bond acceptors (Lipinski definition) is 3. The van der Waals surface area contributed by atoms with Crippen LogP contribution in [0, 0.1) is 0 Å². The Morgan fingerprint density at radius 1 is 1.54 bits per heavy atom. The summed E-state index contributed by atoms with van der Waals surface area (Å²) >= 11 is 0. The third-order valence-electron chi connectivity index (χ3n) is 1.19. The standard InChI is InChI=1S/C6H13NO2.HO3P/c1-2-3-4-5(7)6(8)9;1-4(2)3/h5H,2-4,7H2,1H3,(H,8,9);(H-,1,2,3)/p+1. The summed E-state index contributed by atoms with van der Waals surface area (Å²) in [6.45, 7) is 2.01. The SMILES string of the molecule is CCCCC(N)C(=O)O.O=[P+](O)O. The Labute approximate surface area is 77.3 Å². The topological polar surface area (TPSA) is 121 Å². The van der Waals surface area contributed by atoms with Crippen LogP contribution in [0.15, 0.2) is 0 Å². The minimum absolute atomic E-state index is 0.589. The molecule has 0 fully saturated rings. The first kappa shape index (κ1) is 14.9. The van der Waals surface area contributed by atoms with Gasteiger partial charge in [0.25, 0.3) is 0 Å². The fourth-order valence-electron chi connectivity index (χ4n) is 0.548. The summed E-state index contributed by atoms with van der Waals surface area (Å²) in [6.07, 6.45) is 2.49. The number of rotatable bonds is 4. The van der Waals surface area contributed by atoms with E-state index >= 15 is 0 Å². The van der Waals surface area contributed by atoms with Crippen LogP contribution in [0.4, 0.5) is 0 Å². The second-order valence-corrected chi connectivity index (χ2v) is 2.85. The third-order valence-corrected chi connectivity index (χ3v) is 1.19. The molecule has 7 heteroatoms. The van der Waals surface area contributed by atoms with E-state index in [0.717, 1.165) is 12.8 Å². The molecule has 0 spiro atoms. The number of nitrogens with two attached hydrogens (primary N) is 1. The Morgan fingerprint density at radius 2 is 1.92 bits per heavy atom. The molecule has 0 aliphatic heterocycles. The van der Waals surface area contributed by atoms with Crippen LogP contribution in [0.5, 0.6) is 0 Å². The van der Waals surface area contributed by atoms with Crippen LogP contribution < -0.4 is 5.73 Å².